The van der Waals surface area contributed by atoms with Gasteiger partial charge in [-0.05, 0) is 58.0 Å². The molecule has 0 radical (unpaired) electrons. The molecule has 1 atom stereocenters. The molecule has 4 nitrogen and oxygen atoms in total. The van der Waals surface area contributed by atoms with E-state index in [1.165, 1.54) is 22.3 Å². The van der Waals surface area contributed by atoms with Crippen LogP contribution in [0.5, 0.6) is 0 Å². The van der Waals surface area contributed by atoms with Gasteiger partial charge in [-0.2, -0.15) is 0 Å². The van der Waals surface area contributed by atoms with Crippen molar-refractivity contribution in [2.75, 3.05) is 0 Å². The molecule has 4 heteroatoms. The summed E-state index contributed by atoms with van der Waals surface area (Å²) in [4.78, 5) is 15.2. The maximum atomic E-state index is 6.78. The zero-order valence-electron chi connectivity index (χ0n) is 28.9. The van der Waals surface area contributed by atoms with E-state index in [2.05, 4.69) is 140 Å². The number of rotatable bonds is 6. The molecule has 0 amide bonds. The summed E-state index contributed by atoms with van der Waals surface area (Å²) >= 11 is 0. The fourth-order valence-electron chi connectivity index (χ4n) is 7.72. The highest BCUT2D eigenvalue weighted by molar-refractivity contribution is 6.14. The highest BCUT2D eigenvalue weighted by Gasteiger charge is 2.27. The number of nitrogens with zero attached hydrogens (tertiary/aromatic N) is 3. The van der Waals surface area contributed by atoms with Crippen LogP contribution in [0.4, 0.5) is 0 Å². The van der Waals surface area contributed by atoms with Gasteiger partial charge in [0, 0.05) is 38.9 Å². The Bertz CT molecular complexity index is 2790. The van der Waals surface area contributed by atoms with Crippen molar-refractivity contribution >= 4 is 28.0 Å². The van der Waals surface area contributed by atoms with Gasteiger partial charge < -0.3 is 4.42 Å². The van der Waals surface area contributed by atoms with Crippen LogP contribution >= 0.6 is 0 Å². The van der Waals surface area contributed by atoms with Crippen LogP contribution in [0.2, 0.25) is 0 Å². The molecule has 1 aliphatic carbocycles. The highest BCUT2D eigenvalue weighted by atomic mass is 16.3. The molecule has 9 aromatic rings. The fourth-order valence-corrected chi connectivity index (χ4v) is 7.72. The number of benzene rings is 7. The lowest BCUT2D eigenvalue weighted by atomic mass is 9.79. The van der Waals surface area contributed by atoms with Crippen molar-refractivity contribution in [3.8, 4) is 56.4 Å². The van der Waals surface area contributed by atoms with Gasteiger partial charge in [0.15, 0.2) is 17.5 Å². The average molecular weight is 680 g/mol. The van der Waals surface area contributed by atoms with Gasteiger partial charge in [-0.3, -0.25) is 0 Å². The zero-order chi connectivity index (χ0) is 35.1. The molecule has 10 rings (SSSR count). The third-order valence-electron chi connectivity index (χ3n) is 10.3. The SMILES string of the molecule is C1=Cc2cc(-c3cccc(-c4nc(-c5ccccc5)nc(-c5ccc(-c6ccccc6)cc5)n4)c3)c3c(oc4ccccc43)c2C(c2ccccc2)C1. The number of hydrogen-bond acceptors (Lipinski definition) is 4. The second kappa shape index (κ2) is 13.0. The molecule has 250 valence electrons. The summed E-state index contributed by atoms with van der Waals surface area (Å²) in [6, 6.07) is 59.0. The van der Waals surface area contributed by atoms with Crippen molar-refractivity contribution in [3.63, 3.8) is 0 Å². The Labute approximate surface area is 307 Å². The van der Waals surface area contributed by atoms with Crippen molar-refractivity contribution in [3.05, 3.63) is 193 Å². The minimum atomic E-state index is 0.210. The molecule has 2 heterocycles. The zero-order valence-corrected chi connectivity index (χ0v) is 28.9. The Hall–Kier alpha value is -6.91. The van der Waals surface area contributed by atoms with E-state index in [9.17, 15) is 0 Å². The van der Waals surface area contributed by atoms with E-state index in [-0.39, 0.29) is 5.92 Å². The number of aromatic nitrogens is 3. The first-order chi connectivity index (χ1) is 26.3. The van der Waals surface area contributed by atoms with Crippen LogP contribution in [0.25, 0.3) is 84.4 Å². The summed E-state index contributed by atoms with van der Waals surface area (Å²) in [5, 5.41) is 2.24. The predicted octanol–water partition coefficient (Wildman–Crippen LogP) is 12.7. The van der Waals surface area contributed by atoms with Crippen LogP contribution in [0.1, 0.15) is 29.0 Å². The van der Waals surface area contributed by atoms with Gasteiger partial charge >= 0.3 is 0 Å². The molecule has 1 aliphatic rings. The molecule has 2 aromatic heterocycles. The predicted molar refractivity (Wildman–Crippen MR) is 216 cm³/mol. The minimum absolute atomic E-state index is 0.210. The fraction of sp³-hybridized carbons (Fsp3) is 0.0408. The molecule has 53 heavy (non-hydrogen) atoms. The summed E-state index contributed by atoms with van der Waals surface area (Å²) < 4.78 is 6.78. The Morgan fingerprint density at radius 2 is 1.02 bits per heavy atom. The Balaban J connectivity index is 1.13. The number of furan rings is 1. The molecule has 0 N–H and O–H groups in total. The summed E-state index contributed by atoms with van der Waals surface area (Å²) in [6.07, 6.45) is 5.47. The van der Waals surface area contributed by atoms with Crippen LogP contribution in [0.15, 0.2) is 180 Å². The highest BCUT2D eigenvalue weighted by Crippen LogP contribution is 2.47. The average Bonchev–Trinajstić information content (AvgIpc) is 3.64. The molecule has 0 bridgehead atoms. The Morgan fingerprint density at radius 3 is 1.75 bits per heavy atom. The van der Waals surface area contributed by atoms with E-state index in [1.54, 1.807) is 0 Å². The smallest absolute Gasteiger partial charge is 0.164 e. The van der Waals surface area contributed by atoms with Gasteiger partial charge in [-0.25, -0.2) is 15.0 Å². The maximum Gasteiger partial charge on any atom is 0.164 e. The second-order valence-corrected chi connectivity index (χ2v) is 13.5. The summed E-state index contributed by atoms with van der Waals surface area (Å²) in [7, 11) is 0. The quantitative estimate of drug-likeness (QED) is 0.175. The van der Waals surface area contributed by atoms with Crippen LogP contribution in [-0.4, -0.2) is 15.0 Å². The van der Waals surface area contributed by atoms with Crippen molar-refractivity contribution in [1.29, 1.82) is 0 Å². The van der Waals surface area contributed by atoms with Gasteiger partial charge in [0.05, 0.1) is 0 Å². The van der Waals surface area contributed by atoms with Gasteiger partial charge in [0.2, 0.25) is 0 Å². The molecular weight excluding hydrogens is 647 g/mol. The molecule has 7 aromatic carbocycles. The van der Waals surface area contributed by atoms with E-state index >= 15 is 0 Å². The molecule has 0 saturated carbocycles. The Morgan fingerprint density at radius 1 is 0.472 bits per heavy atom. The van der Waals surface area contributed by atoms with Crippen LogP contribution in [0, 0.1) is 0 Å². The van der Waals surface area contributed by atoms with Gasteiger partial charge in [-0.15, -0.1) is 0 Å². The largest absolute Gasteiger partial charge is 0.456 e. The monoisotopic (exact) mass is 679 g/mol. The Kier molecular flexibility index (Phi) is 7.58. The number of para-hydroxylation sites is 1. The standard InChI is InChI=1S/C49H33N3O/c1-4-14-32(15-5-1)33-26-28-36(29-27-33)48-50-47(35-18-8-3-9-19-35)51-49(52-48)39-22-12-20-37(30-39)42-31-38-21-13-24-40(34-16-6-2-7-17-34)44(38)46-45(42)41-23-10-11-25-43(41)53-46/h1-23,25-31,40H,24H2. The van der Waals surface area contributed by atoms with E-state index in [0.717, 1.165) is 61.7 Å². The van der Waals surface area contributed by atoms with Crippen LogP contribution in [0.3, 0.4) is 0 Å². The summed E-state index contributed by atoms with van der Waals surface area (Å²) in [6.45, 7) is 0. The maximum absolute atomic E-state index is 6.78. The first-order valence-corrected chi connectivity index (χ1v) is 18.0. The normalized spacial score (nSPS) is 13.7. The molecular formula is C49H33N3O. The third-order valence-corrected chi connectivity index (χ3v) is 10.3. The number of allylic oxidation sites excluding steroid dienone is 1. The van der Waals surface area contributed by atoms with Gasteiger partial charge in [0.1, 0.15) is 11.2 Å². The van der Waals surface area contributed by atoms with E-state index in [0.29, 0.717) is 17.5 Å². The lowest BCUT2D eigenvalue weighted by molar-refractivity contribution is 0.655. The number of fused-ring (bicyclic) bond motifs is 5. The van der Waals surface area contributed by atoms with Crippen LogP contribution < -0.4 is 0 Å². The van der Waals surface area contributed by atoms with Crippen molar-refractivity contribution < 1.29 is 4.42 Å². The molecule has 0 saturated heterocycles. The third kappa shape index (κ3) is 5.62. The lowest BCUT2D eigenvalue weighted by Gasteiger charge is -2.24. The van der Waals surface area contributed by atoms with Crippen molar-refractivity contribution in [1.82, 2.24) is 15.0 Å². The van der Waals surface area contributed by atoms with E-state index < -0.39 is 0 Å². The minimum Gasteiger partial charge on any atom is -0.456 e. The lowest BCUT2D eigenvalue weighted by Crippen LogP contribution is -2.06. The van der Waals surface area contributed by atoms with Crippen LogP contribution in [-0.2, 0) is 0 Å². The summed E-state index contributed by atoms with van der Waals surface area (Å²) in [5.41, 5.74) is 12.9. The van der Waals surface area contributed by atoms with E-state index in [1.807, 2.05) is 42.5 Å². The van der Waals surface area contributed by atoms with Gasteiger partial charge in [-0.1, -0.05) is 164 Å². The second-order valence-electron chi connectivity index (χ2n) is 13.5. The molecule has 0 spiro atoms. The molecule has 0 aliphatic heterocycles. The van der Waals surface area contributed by atoms with Crippen molar-refractivity contribution in [2.24, 2.45) is 0 Å². The first kappa shape index (κ1) is 30.9. The number of hydrogen-bond donors (Lipinski definition) is 0. The van der Waals surface area contributed by atoms with Gasteiger partial charge in [0.25, 0.3) is 0 Å². The van der Waals surface area contributed by atoms with Crippen molar-refractivity contribution in [2.45, 2.75) is 12.3 Å². The first-order valence-electron chi connectivity index (χ1n) is 18.0. The molecule has 0 fully saturated rings. The van der Waals surface area contributed by atoms with E-state index in [4.69, 9.17) is 19.4 Å². The summed E-state index contributed by atoms with van der Waals surface area (Å²) in [5.74, 6) is 2.10. The molecule has 1 unspecified atom stereocenters. The topological polar surface area (TPSA) is 51.8 Å².